The monoisotopic (exact) mass is 280 g/mol. The molecule has 100 valence electrons. The van der Waals surface area contributed by atoms with Crippen LogP contribution in [-0.4, -0.2) is 33.1 Å². The Morgan fingerprint density at radius 1 is 1.53 bits per heavy atom. The number of anilines is 1. The summed E-state index contributed by atoms with van der Waals surface area (Å²) in [6.45, 7) is 0. The first-order valence-corrected chi connectivity index (χ1v) is 6.39. The maximum atomic E-state index is 11.6. The van der Waals surface area contributed by atoms with Crippen LogP contribution in [0.25, 0.3) is 0 Å². The van der Waals surface area contributed by atoms with Crippen molar-refractivity contribution in [2.45, 2.75) is 12.5 Å². The zero-order chi connectivity index (χ0) is 13.7. The van der Waals surface area contributed by atoms with E-state index < -0.39 is 18.0 Å². The topological polar surface area (TPSA) is 107 Å². The summed E-state index contributed by atoms with van der Waals surface area (Å²) >= 11 is 1.44. The summed E-state index contributed by atoms with van der Waals surface area (Å²) in [5.74, 6) is -1.10. The molecule has 2 amide bonds. The molecule has 0 radical (unpaired) electrons. The van der Waals surface area contributed by atoms with Crippen LogP contribution in [0.2, 0.25) is 0 Å². The van der Waals surface area contributed by atoms with E-state index in [1.807, 2.05) is 5.38 Å². The second kappa shape index (κ2) is 6.01. The molecule has 2 aromatic heterocycles. The van der Waals surface area contributed by atoms with E-state index in [0.717, 1.165) is 0 Å². The van der Waals surface area contributed by atoms with E-state index in [1.165, 1.54) is 23.9 Å². The number of nitrogens with zero attached hydrogens (tertiary/aromatic N) is 1. The zero-order valence-corrected chi connectivity index (χ0v) is 10.6. The fourth-order valence-corrected chi connectivity index (χ4v) is 2.07. The smallest absolute Gasteiger partial charge is 0.326 e. The number of carbonyl (C=O) groups is 2. The first-order chi connectivity index (χ1) is 9.15. The molecule has 7 nitrogen and oxygen atoms in total. The lowest BCUT2D eigenvalue weighted by molar-refractivity contribution is -0.139. The number of rotatable bonds is 5. The Bertz CT molecular complexity index is 538. The predicted octanol–water partition coefficient (Wildman–Crippen LogP) is 1.29. The summed E-state index contributed by atoms with van der Waals surface area (Å²) in [7, 11) is 0. The molecule has 1 atom stereocenters. The summed E-state index contributed by atoms with van der Waals surface area (Å²) in [6, 6.07) is 0.166. The van der Waals surface area contributed by atoms with Gasteiger partial charge in [0.2, 0.25) is 0 Å². The SMILES string of the molecule is O=C(Nc1ccsc1)NC(Cc1cnc[nH]1)C(=O)O. The van der Waals surface area contributed by atoms with Gasteiger partial charge in [0.1, 0.15) is 6.04 Å². The highest BCUT2D eigenvalue weighted by molar-refractivity contribution is 7.08. The molecule has 2 rings (SSSR count). The number of hydrogen-bond acceptors (Lipinski definition) is 4. The third kappa shape index (κ3) is 3.81. The molecule has 4 N–H and O–H groups in total. The number of carboxylic acid groups (broad SMARTS) is 1. The van der Waals surface area contributed by atoms with Gasteiger partial charge in [-0.25, -0.2) is 14.6 Å². The van der Waals surface area contributed by atoms with Crippen molar-refractivity contribution in [3.8, 4) is 0 Å². The Kier molecular flexibility index (Phi) is 4.14. The number of aromatic nitrogens is 2. The number of carbonyl (C=O) groups excluding carboxylic acids is 1. The predicted molar refractivity (Wildman–Crippen MR) is 70.2 cm³/mol. The summed E-state index contributed by atoms with van der Waals surface area (Å²) in [5.41, 5.74) is 1.27. The van der Waals surface area contributed by atoms with Crippen LogP contribution in [0.15, 0.2) is 29.4 Å². The highest BCUT2D eigenvalue weighted by atomic mass is 32.1. The Balaban J connectivity index is 1.93. The van der Waals surface area contributed by atoms with Crippen molar-refractivity contribution in [2.75, 3.05) is 5.32 Å². The molecular formula is C11H12N4O3S. The van der Waals surface area contributed by atoms with E-state index >= 15 is 0 Å². The lowest BCUT2D eigenvalue weighted by atomic mass is 10.2. The van der Waals surface area contributed by atoms with Gasteiger partial charge in [-0.05, 0) is 11.4 Å². The molecule has 0 aliphatic heterocycles. The van der Waals surface area contributed by atoms with E-state index in [9.17, 15) is 9.59 Å². The van der Waals surface area contributed by atoms with Crippen LogP contribution in [0.1, 0.15) is 5.69 Å². The van der Waals surface area contributed by atoms with Gasteiger partial charge >= 0.3 is 12.0 Å². The van der Waals surface area contributed by atoms with Crippen molar-refractivity contribution >= 4 is 29.0 Å². The number of nitrogens with one attached hydrogen (secondary N) is 3. The van der Waals surface area contributed by atoms with Crippen LogP contribution in [0.5, 0.6) is 0 Å². The number of amides is 2. The molecule has 2 aromatic rings. The summed E-state index contributed by atoms with van der Waals surface area (Å²) in [6.07, 6.45) is 3.13. The van der Waals surface area contributed by atoms with Gasteiger partial charge < -0.3 is 20.7 Å². The van der Waals surface area contributed by atoms with Gasteiger partial charge in [0, 0.05) is 23.7 Å². The van der Waals surface area contributed by atoms with Gasteiger partial charge in [-0.3, -0.25) is 0 Å². The lowest BCUT2D eigenvalue weighted by Gasteiger charge is -2.13. The fraction of sp³-hybridized carbons (Fsp3) is 0.182. The summed E-state index contributed by atoms with van der Waals surface area (Å²) < 4.78 is 0. The Morgan fingerprint density at radius 3 is 2.95 bits per heavy atom. The van der Waals surface area contributed by atoms with Crippen molar-refractivity contribution in [3.05, 3.63) is 35.0 Å². The largest absolute Gasteiger partial charge is 0.480 e. The number of H-pyrrole nitrogens is 1. The maximum Gasteiger partial charge on any atom is 0.326 e. The van der Waals surface area contributed by atoms with Crippen LogP contribution in [-0.2, 0) is 11.2 Å². The number of imidazole rings is 1. The molecule has 0 saturated carbocycles. The molecule has 2 heterocycles. The molecule has 1 unspecified atom stereocenters. The van der Waals surface area contributed by atoms with Crippen molar-refractivity contribution in [3.63, 3.8) is 0 Å². The Hall–Kier alpha value is -2.35. The minimum Gasteiger partial charge on any atom is -0.480 e. The number of aliphatic carboxylic acids is 1. The zero-order valence-electron chi connectivity index (χ0n) is 9.79. The standard InChI is InChI=1S/C11H12N4O3S/c16-10(17)9(3-8-4-12-6-13-8)15-11(18)14-7-1-2-19-5-7/h1-2,4-6,9H,3H2,(H,12,13)(H,16,17)(H2,14,15,18). The fourth-order valence-electron chi connectivity index (χ4n) is 1.48. The molecule has 0 aliphatic rings. The van der Waals surface area contributed by atoms with Crippen molar-refractivity contribution in [1.82, 2.24) is 15.3 Å². The van der Waals surface area contributed by atoms with Crippen molar-refractivity contribution < 1.29 is 14.7 Å². The van der Waals surface area contributed by atoms with Gasteiger partial charge in [0.25, 0.3) is 0 Å². The molecule has 19 heavy (non-hydrogen) atoms. The van der Waals surface area contributed by atoms with Gasteiger partial charge in [-0.1, -0.05) is 0 Å². The summed E-state index contributed by atoms with van der Waals surface area (Å²) in [4.78, 5) is 29.3. The number of aromatic amines is 1. The van der Waals surface area contributed by atoms with E-state index in [0.29, 0.717) is 11.4 Å². The van der Waals surface area contributed by atoms with Gasteiger partial charge in [0.15, 0.2) is 0 Å². The Morgan fingerprint density at radius 2 is 2.37 bits per heavy atom. The second-order valence-corrected chi connectivity index (χ2v) is 4.56. The van der Waals surface area contributed by atoms with Gasteiger partial charge in [-0.15, -0.1) is 0 Å². The minimum absolute atomic E-state index is 0.145. The number of hydrogen-bond donors (Lipinski definition) is 4. The summed E-state index contributed by atoms with van der Waals surface area (Å²) in [5, 5.41) is 17.6. The molecule has 0 fully saturated rings. The number of carboxylic acids is 1. The van der Waals surface area contributed by atoms with Crippen LogP contribution < -0.4 is 10.6 Å². The van der Waals surface area contributed by atoms with Crippen LogP contribution in [0.4, 0.5) is 10.5 Å². The maximum absolute atomic E-state index is 11.6. The van der Waals surface area contributed by atoms with Gasteiger partial charge in [-0.2, -0.15) is 11.3 Å². The van der Waals surface area contributed by atoms with Crippen molar-refractivity contribution in [2.24, 2.45) is 0 Å². The first kappa shape index (κ1) is 13.1. The highest BCUT2D eigenvalue weighted by Gasteiger charge is 2.21. The van der Waals surface area contributed by atoms with Crippen LogP contribution in [0.3, 0.4) is 0 Å². The van der Waals surface area contributed by atoms with E-state index in [4.69, 9.17) is 5.11 Å². The molecule has 0 spiro atoms. The molecule has 0 bridgehead atoms. The Labute approximate surface area is 112 Å². The third-order valence-corrected chi connectivity index (χ3v) is 3.04. The number of urea groups is 1. The van der Waals surface area contributed by atoms with Gasteiger partial charge in [0.05, 0.1) is 12.0 Å². The van der Waals surface area contributed by atoms with E-state index in [-0.39, 0.29) is 6.42 Å². The van der Waals surface area contributed by atoms with Crippen LogP contribution >= 0.6 is 11.3 Å². The quantitative estimate of drug-likeness (QED) is 0.662. The molecule has 0 aromatic carbocycles. The second-order valence-electron chi connectivity index (χ2n) is 3.78. The minimum atomic E-state index is -1.10. The highest BCUT2D eigenvalue weighted by Crippen LogP contribution is 2.11. The lowest BCUT2D eigenvalue weighted by Crippen LogP contribution is -2.44. The van der Waals surface area contributed by atoms with E-state index in [1.54, 1.807) is 11.4 Å². The van der Waals surface area contributed by atoms with Crippen molar-refractivity contribution in [1.29, 1.82) is 0 Å². The van der Waals surface area contributed by atoms with E-state index in [2.05, 4.69) is 20.6 Å². The van der Waals surface area contributed by atoms with Crippen LogP contribution in [0, 0.1) is 0 Å². The average molecular weight is 280 g/mol. The first-order valence-electron chi connectivity index (χ1n) is 5.45. The molecule has 0 saturated heterocycles. The third-order valence-electron chi connectivity index (χ3n) is 2.36. The molecule has 0 aliphatic carbocycles. The average Bonchev–Trinajstić information content (AvgIpc) is 3.00. The molecule has 8 heteroatoms. The number of thiophene rings is 1. The molecular weight excluding hydrogens is 268 g/mol. The normalized spacial score (nSPS) is 11.8.